The number of hydrogen-bond donors (Lipinski definition) is 0. The molecule has 128 valence electrons. The number of pyridine rings is 1. The lowest BCUT2D eigenvalue weighted by molar-refractivity contribution is 0.628. The van der Waals surface area contributed by atoms with E-state index in [1.165, 1.54) is 5.56 Å². The van der Waals surface area contributed by atoms with E-state index in [0.717, 1.165) is 42.4 Å². The van der Waals surface area contributed by atoms with Crippen LogP contribution in [-0.2, 0) is 12.8 Å². The van der Waals surface area contributed by atoms with Crippen LogP contribution < -0.4 is 0 Å². The third-order valence-electron chi connectivity index (χ3n) is 4.44. The topological polar surface area (TPSA) is 12.9 Å². The Hall–Kier alpha value is -2.48. The molecule has 0 unspecified atom stereocenters. The van der Waals surface area contributed by atoms with E-state index >= 15 is 0 Å². The molecule has 0 aliphatic carbocycles. The molecule has 0 saturated carbocycles. The molecule has 1 nitrogen and oxygen atoms in total. The summed E-state index contributed by atoms with van der Waals surface area (Å²) in [5.41, 5.74) is 5.81. The number of halogens is 1. The van der Waals surface area contributed by atoms with Crippen molar-refractivity contribution in [3.8, 4) is 22.4 Å². The lowest BCUT2D eigenvalue weighted by atomic mass is 10.0. The molecule has 2 aromatic carbocycles. The van der Waals surface area contributed by atoms with Crippen LogP contribution in [0.2, 0.25) is 0 Å². The smallest absolute Gasteiger partial charge is 0.132 e. The summed E-state index contributed by atoms with van der Waals surface area (Å²) in [6.07, 6.45) is 5.99. The van der Waals surface area contributed by atoms with Gasteiger partial charge in [-0.2, -0.15) is 0 Å². The SMILES string of the molecule is CCCc1ccc(-c2ccc(-c3ccc(CCC)cc3F)nc2)cc1. The van der Waals surface area contributed by atoms with Crippen molar-refractivity contribution in [1.29, 1.82) is 0 Å². The van der Waals surface area contributed by atoms with Gasteiger partial charge in [0.15, 0.2) is 0 Å². The van der Waals surface area contributed by atoms with Crippen LogP contribution in [-0.4, -0.2) is 4.98 Å². The first kappa shape index (κ1) is 17.3. The monoisotopic (exact) mass is 333 g/mol. The third-order valence-corrected chi connectivity index (χ3v) is 4.44. The second-order valence-corrected chi connectivity index (χ2v) is 6.44. The van der Waals surface area contributed by atoms with E-state index in [2.05, 4.69) is 43.1 Å². The largest absolute Gasteiger partial charge is 0.256 e. The van der Waals surface area contributed by atoms with Crippen molar-refractivity contribution in [1.82, 2.24) is 4.98 Å². The van der Waals surface area contributed by atoms with E-state index in [1.54, 1.807) is 6.07 Å². The molecule has 0 aliphatic heterocycles. The van der Waals surface area contributed by atoms with E-state index in [0.29, 0.717) is 11.3 Å². The molecule has 25 heavy (non-hydrogen) atoms. The van der Waals surface area contributed by atoms with Crippen molar-refractivity contribution in [2.24, 2.45) is 0 Å². The minimum atomic E-state index is -0.199. The first-order valence-electron chi connectivity index (χ1n) is 9.05. The maximum atomic E-state index is 14.4. The van der Waals surface area contributed by atoms with E-state index in [4.69, 9.17) is 0 Å². The molecule has 0 bridgehead atoms. The molecule has 0 atom stereocenters. The van der Waals surface area contributed by atoms with Gasteiger partial charge in [0.2, 0.25) is 0 Å². The van der Waals surface area contributed by atoms with Crippen LogP contribution >= 0.6 is 0 Å². The zero-order valence-corrected chi connectivity index (χ0v) is 14.9. The Kier molecular flexibility index (Phi) is 5.60. The summed E-state index contributed by atoms with van der Waals surface area (Å²) in [5.74, 6) is -0.199. The van der Waals surface area contributed by atoms with Crippen LogP contribution in [0.1, 0.15) is 37.8 Å². The zero-order chi connectivity index (χ0) is 17.6. The van der Waals surface area contributed by atoms with Gasteiger partial charge in [0.25, 0.3) is 0 Å². The minimum Gasteiger partial charge on any atom is -0.256 e. The molecular formula is C23H24FN. The van der Waals surface area contributed by atoms with Gasteiger partial charge in [0, 0.05) is 17.3 Å². The number of aromatic nitrogens is 1. The molecule has 0 amide bonds. The number of aryl methyl sites for hydroxylation is 2. The van der Waals surface area contributed by atoms with Gasteiger partial charge in [-0.05, 0) is 47.7 Å². The fourth-order valence-electron chi connectivity index (χ4n) is 3.09. The fraction of sp³-hybridized carbons (Fsp3) is 0.261. The molecule has 0 fully saturated rings. The van der Waals surface area contributed by atoms with Crippen molar-refractivity contribution < 1.29 is 4.39 Å². The molecule has 1 aromatic heterocycles. The van der Waals surface area contributed by atoms with Crippen LogP contribution in [0.3, 0.4) is 0 Å². The predicted octanol–water partition coefficient (Wildman–Crippen LogP) is 6.46. The summed E-state index contributed by atoms with van der Waals surface area (Å²) in [6.45, 7) is 4.28. The quantitative estimate of drug-likeness (QED) is 0.504. The van der Waals surface area contributed by atoms with Gasteiger partial charge in [-0.25, -0.2) is 4.39 Å². The first-order chi connectivity index (χ1) is 12.2. The number of rotatable bonds is 6. The van der Waals surface area contributed by atoms with E-state index < -0.39 is 0 Å². The Morgan fingerprint density at radius 2 is 1.40 bits per heavy atom. The molecule has 0 aliphatic rings. The van der Waals surface area contributed by atoms with Crippen molar-refractivity contribution >= 4 is 0 Å². The normalized spacial score (nSPS) is 10.8. The molecule has 3 rings (SSSR count). The minimum absolute atomic E-state index is 0.199. The average molecular weight is 333 g/mol. The highest BCUT2D eigenvalue weighted by Crippen LogP contribution is 2.25. The summed E-state index contributed by atoms with van der Waals surface area (Å²) >= 11 is 0. The second kappa shape index (κ2) is 8.06. The molecule has 0 spiro atoms. The van der Waals surface area contributed by atoms with Crippen molar-refractivity contribution in [3.05, 3.63) is 77.7 Å². The molecule has 0 radical (unpaired) electrons. The number of hydrogen-bond acceptors (Lipinski definition) is 1. The lowest BCUT2D eigenvalue weighted by Gasteiger charge is -2.07. The number of nitrogens with zero attached hydrogens (tertiary/aromatic N) is 1. The summed E-state index contributed by atoms with van der Waals surface area (Å²) < 4.78 is 14.4. The van der Waals surface area contributed by atoms with E-state index in [-0.39, 0.29) is 5.82 Å². The Balaban J connectivity index is 1.82. The maximum Gasteiger partial charge on any atom is 0.132 e. The Bertz CT molecular complexity index is 820. The van der Waals surface area contributed by atoms with E-state index in [9.17, 15) is 4.39 Å². The van der Waals surface area contributed by atoms with E-state index in [1.807, 2.05) is 30.5 Å². The highest BCUT2D eigenvalue weighted by Gasteiger charge is 2.08. The third kappa shape index (κ3) is 4.14. The van der Waals surface area contributed by atoms with Crippen LogP contribution in [0, 0.1) is 5.82 Å². The van der Waals surface area contributed by atoms with Crippen molar-refractivity contribution in [2.75, 3.05) is 0 Å². The highest BCUT2D eigenvalue weighted by atomic mass is 19.1. The molecular weight excluding hydrogens is 309 g/mol. The summed E-state index contributed by atoms with van der Waals surface area (Å²) in [6, 6.07) is 17.9. The first-order valence-corrected chi connectivity index (χ1v) is 9.05. The van der Waals surface area contributed by atoms with Gasteiger partial charge in [-0.3, -0.25) is 4.98 Å². The summed E-state index contributed by atoms with van der Waals surface area (Å²) in [5, 5.41) is 0. The maximum absolute atomic E-state index is 14.4. The van der Waals surface area contributed by atoms with Gasteiger partial charge in [0.05, 0.1) is 5.69 Å². The van der Waals surface area contributed by atoms with Crippen molar-refractivity contribution in [2.45, 2.75) is 39.5 Å². The van der Waals surface area contributed by atoms with Gasteiger partial charge in [-0.1, -0.05) is 63.1 Å². The summed E-state index contributed by atoms with van der Waals surface area (Å²) in [7, 11) is 0. The standard InChI is InChI=1S/C23H24FN/c1-3-5-17-7-10-19(11-8-17)20-12-14-23(25-16-20)21-13-9-18(6-4-2)15-22(21)24/h7-16H,3-6H2,1-2H3. The fourth-order valence-corrected chi connectivity index (χ4v) is 3.09. The summed E-state index contributed by atoms with van der Waals surface area (Å²) in [4.78, 5) is 4.48. The Morgan fingerprint density at radius 3 is 2.00 bits per heavy atom. The molecule has 0 saturated heterocycles. The molecule has 2 heteroatoms. The second-order valence-electron chi connectivity index (χ2n) is 6.44. The molecule has 3 aromatic rings. The predicted molar refractivity (Wildman–Crippen MR) is 103 cm³/mol. The van der Waals surface area contributed by atoms with Crippen LogP contribution in [0.4, 0.5) is 4.39 Å². The lowest BCUT2D eigenvalue weighted by Crippen LogP contribution is -1.92. The number of benzene rings is 2. The zero-order valence-electron chi connectivity index (χ0n) is 14.9. The van der Waals surface area contributed by atoms with Crippen molar-refractivity contribution in [3.63, 3.8) is 0 Å². The molecule has 0 N–H and O–H groups in total. The van der Waals surface area contributed by atoms with Gasteiger partial charge < -0.3 is 0 Å². The molecule has 1 heterocycles. The van der Waals surface area contributed by atoms with Gasteiger partial charge >= 0.3 is 0 Å². The highest BCUT2D eigenvalue weighted by molar-refractivity contribution is 5.67. The average Bonchev–Trinajstić information content (AvgIpc) is 2.63. The Morgan fingerprint density at radius 1 is 0.760 bits per heavy atom. The Labute approximate surface area is 149 Å². The van der Waals surface area contributed by atoms with Gasteiger partial charge in [-0.15, -0.1) is 0 Å². The van der Waals surface area contributed by atoms with Crippen LogP contribution in [0.15, 0.2) is 60.8 Å². The van der Waals surface area contributed by atoms with Gasteiger partial charge in [0.1, 0.15) is 5.82 Å². The van der Waals surface area contributed by atoms with Crippen LogP contribution in [0.25, 0.3) is 22.4 Å². The van der Waals surface area contributed by atoms with Crippen LogP contribution in [0.5, 0.6) is 0 Å².